The zero-order valence-corrected chi connectivity index (χ0v) is 15.6. The van der Waals surface area contributed by atoms with Gasteiger partial charge in [-0.15, -0.1) is 11.8 Å². The Kier molecular flexibility index (Phi) is 7.41. The van der Waals surface area contributed by atoms with Crippen LogP contribution in [0.25, 0.3) is 0 Å². The van der Waals surface area contributed by atoms with Gasteiger partial charge in [0.25, 0.3) is 0 Å². The standard InChI is InChI=1S/C19H22F2N2O2S/c1-12(14-4-8-16(9-5-14)25-19(20)21)22-13(2)18(24)23-15-6-10-17(26-3)11-7-15/h4-13,19,22H,1-3H3,(H,23,24). The minimum atomic E-state index is -2.84. The second kappa shape index (κ2) is 9.54. The molecule has 0 saturated heterocycles. The lowest BCUT2D eigenvalue weighted by molar-refractivity contribution is -0.117. The van der Waals surface area contributed by atoms with Gasteiger partial charge >= 0.3 is 6.61 Å². The third-order valence-electron chi connectivity index (χ3n) is 3.86. The lowest BCUT2D eigenvalue weighted by Crippen LogP contribution is -2.39. The van der Waals surface area contributed by atoms with Gasteiger partial charge in [-0.1, -0.05) is 12.1 Å². The Hall–Kier alpha value is -2.12. The van der Waals surface area contributed by atoms with Gasteiger partial charge in [0.2, 0.25) is 5.91 Å². The molecule has 0 aliphatic heterocycles. The van der Waals surface area contributed by atoms with Crippen LogP contribution in [0, 0.1) is 0 Å². The Morgan fingerprint density at radius 2 is 1.65 bits per heavy atom. The molecule has 2 unspecified atom stereocenters. The molecule has 2 rings (SSSR count). The van der Waals surface area contributed by atoms with Crippen LogP contribution >= 0.6 is 11.8 Å². The fourth-order valence-corrected chi connectivity index (χ4v) is 2.82. The molecule has 0 saturated carbocycles. The van der Waals surface area contributed by atoms with Gasteiger partial charge in [0.05, 0.1) is 6.04 Å². The van der Waals surface area contributed by atoms with E-state index < -0.39 is 12.7 Å². The summed E-state index contributed by atoms with van der Waals surface area (Å²) in [6.07, 6.45) is 1.99. The summed E-state index contributed by atoms with van der Waals surface area (Å²) in [6.45, 7) is 0.834. The van der Waals surface area contributed by atoms with Crippen LogP contribution in [-0.2, 0) is 4.79 Å². The molecule has 0 spiro atoms. The summed E-state index contributed by atoms with van der Waals surface area (Å²) in [4.78, 5) is 13.5. The molecule has 140 valence electrons. The molecule has 0 bridgehead atoms. The van der Waals surface area contributed by atoms with Crippen molar-refractivity contribution in [2.45, 2.75) is 37.4 Å². The van der Waals surface area contributed by atoms with Gasteiger partial charge < -0.3 is 10.1 Å². The monoisotopic (exact) mass is 380 g/mol. The Balaban J connectivity index is 1.90. The summed E-state index contributed by atoms with van der Waals surface area (Å²) in [5, 5.41) is 6.06. The SMILES string of the molecule is CSc1ccc(NC(=O)C(C)NC(C)c2ccc(OC(F)F)cc2)cc1. The number of alkyl halides is 2. The van der Waals surface area contributed by atoms with Crippen LogP contribution in [0.15, 0.2) is 53.4 Å². The molecule has 1 amide bonds. The molecule has 0 aromatic heterocycles. The highest BCUT2D eigenvalue weighted by atomic mass is 32.2. The predicted octanol–water partition coefficient (Wildman–Crippen LogP) is 4.69. The fourth-order valence-electron chi connectivity index (χ4n) is 2.41. The predicted molar refractivity (Wildman–Crippen MR) is 101 cm³/mol. The van der Waals surface area contributed by atoms with Crippen LogP contribution in [0.4, 0.5) is 14.5 Å². The number of anilines is 1. The van der Waals surface area contributed by atoms with E-state index in [9.17, 15) is 13.6 Å². The van der Waals surface area contributed by atoms with Crippen molar-refractivity contribution in [3.63, 3.8) is 0 Å². The number of nitrogens with one attached hydrogen (secondary N) is 2. The molecule has 0 aliphatic carbocycles. The molecule has 0 fully saturated rings. The van der Waals surface area contributed by atoms with Crippen molar-refractivity contribution in [3.8, 4) is 5.75 Å². The molecule has 0 aliphatic rings. The van der Waals surface area contributed by atoms with Crippen LogP contribution in [0.1, 0.15) is 25.5 Å². The number of carbonyl (C=O) groups excluding carboxylic acids is 1. The van der Waals surface area contributed by atoms with Crippen molar-refractivity contribution < 1.29 is 18.3 Å². The van der Waals surface area contributed by atoms with E-state index in [0.29, 0.717) is 0 Å². The van der Waals surface area contributed by atoms with E-state index in [1.54, 1.807) is 30.8 Å². The van der Waals surface area contributed by atoms with Crippen LogP contribution in [0.3, 0.4) is 0 Å². The fraction of sp³-hybridized carbons (Fsp3) is 0.316. The number of ether oxygens (including phenoxy) is 1. The minimum Gasteiger partial charge on any atom is -0.435 e. The van der Waals surface area contributed by atoms with E-state index in [1.807, 2.05) is 37.4 Å². The molecule has 4 nitrogen and oxygen atoms in total. The Bertz CT molecular complexity index is 708. The topological polar surface area (TPSA) is 50.4 Å². The van der Waals surface area contributed by atoms with E-state index in [1.165, 1.54) is 12.1 Å². The number of hydrogen-bond acceptors (Lipinski definition) is 4. The highest BCUT2D eigenvalue weighted by molar-refractivity contribution is 7.98. The van der Waals surface area contributed by atoms with Crippen molar-refractivity contribution in [2.24, 2.45) is 0 Å². The maximum Gasteiger partial charge on any atom is 0.387 e. The average Bonchev–Trinajstić information content (AvgIpc) is 2.62. The number of benzene rings is 2. The number of halogens is 2. The second-order valence-electron chi connectivity index (χ2n) is 5.78. The smallest absolute Gasteiger partial charge is 0.387 e. The summed E-state index contributed by atoms with van der Waals surface area (Å²) in [5.41, 5.74) is 1.61. The van der Waals surface area contributed by atoms with Gasteiger partial charge in [0.15, 0.2) is 0 Å². The van der Waals surface area contributed by atoms with Crippen molar-refractivity contribution in [3.05, 3.63) is 54.1 Å². The van der Waals surface area contributed by atoms with Crippen molar-refractivity contribution >= 4 is 23.4 Å². The highest BCUT2D eigenvalue weighted by Crippen LogP contribution is 2.20. The van der Waals surface area contributed by atoms with Gasteiger partial charge in [-0.3, -0.25) is 10.1 Å². The van der Waals surface area contributed by atoms with Crippen molar-refractivity contribution in [1.29, 1.82) is 0 Å². The molecule has 2 aromatic rings. The Morgan fingerprint density at radius 3 is 2.19 bits per heavy atom. The molecule has 0 radical (unpaired) electrons. The van der Waals surface area contributed by atoms with E-state index in [0.717, 1.165) is 16.1 Å². The van der Waals surface area contributed by atoms with Crippen molar-refractivity contribution in [2.75, 3.05) is 11.6 Å². The van der Waals surface area contributed by atoms with Crippen LogP contribution in [0.2, 0.25) is 0 Å². The number of thioether (sulfide) groups is 1. The average molecular weight is 380 g/mol. The van der Waals surface area contributed by atoms with Gasteiger partial charge in [0.1, 0.15) is 5.75 Å². The normalized spacial score (nSPS) is 13.3. The van der Waals surface area contributed by atoms with Crippen LogP contribution in [0.5, 0.6) is 5.75 Å². The summed E-state index contributed by atoms with van der Waals surface area (Å²) < 4.78 is 28.7. The summed E-state index contributed by atoms with van der Waals surface area (Å²) in [7, 11) is 0. The molecule has 2 N–H and O–H groups in total. The number of rotatable bonds is 8. The zero-order valence-electron chi connectivity index (χ0n) is 14.8. The van der Waals surface area contributed by atoms with Gasteiger partial charge in [-0.05, 0) is 62.1 Å². The number of hydrogen-bond donors (Lipinski definition) is 2. The highest BCUT2D eigenvalue weighted by Gasteiger charge is 2.16. The van der Waals surface area contributed by atoms with Gasteiger partial charge in [-0.2, -0.15) is 8.78 Å². The molecule has 7 heteroatoms. The quantitative estimate of drug-likeness (QED) is 0.653. The number of amides is 1. The van der Waals surface area contributed by atoms with Crippen molar-refractivity contribution in [1.82, 2.24) is 5.32 Å². The van der Waals surface area contributed by atoms with Gasteiger partial charge in [0, 0.05) is 16.6 Å². The lowest BCUT2D eigenvalue weighted by atomic mass is 10.1. The third kappa shape index (κ3) is 6.00. The van der Waals surface area contributed by atoms with E-state index in [-0.39, 0.29) is 17.7 Å². The largest absolute Gasteiger partial charge is 0.435 e. The Labute approximate surface area is 156 Å². The second-order valence-corrected chi connectivity index (χ2v) is 6.65. The Morgan fingerprint density at radius 1 is 1.04 bits per heavy atom. The summed E-state index contributed by atoms with van der Waals surface area (Å²) in [6, 6.07) is 13.4. The first-order chi connectivity index (χ1) is 12.4. The van der Waals surface area contributed by atoms with E-state index in [4.69, 9.17) is 0 Å². The zero-order chi connectivity index (χ0) is 19.1. The number of carbonyl (C=O) groups is 1. The first kappa shape index (κ1) is 20.2. The molecule has 2 atom stereocenters. The molecule has 2 aromatic carbocycles. The molecular formula is C19H22F2N2O2S. The molecule has 26 heavy (non-hydrogen) atoms. The van der Waals surface area contributed by atoms with E-state index >= 15 is 0 Å². The summed E-state index contributed by atoms with van der Waals surface area (Å²) in [5.74, 6) is -0.0400. The van der Waals surface area contributed by atoms with Crippen LogP contribution < -0.4 is 15.4 Å². The lowest BCUT2D eigenvalue weighted by Gasteiger charge is -2.20. The first-order valence-electron chi connectivity index (χ1n) is 8.14. The third-order valence-corrected chi connectivity index (χ3v) is 4.60. The minimum absolute atomic E-state index is 0.107. The maximum atomic E-state index is 12.3. The molecule has 0 heterocycles. The molecular weight excluding hydrogens is 358 g/mol. The van der Waals surface area contributed by atoms with Crippen LogP contribution in [-0.4, -0.2) is 24.8 Å². The van der Waals surface area contributed by atoms with E-state index in [2.05, 4.69) is 15.4 Å². The first-order valence-corrected chi connectivity index (χ1v) is 9.37. The maximum absolute atomic E-state index is 12.3. The van der Waals surface area contributed by atoms with Gasteiger partial charge in [-0.25, -0.2) is 0 Å². The summed E-state index contributed by atoms with van der Waals surface area (Å²) >= 11 is 1.64.